The van der Waals surface area contributed by atoms with Gasteiger partial charge in [-0.15, -0.1) is 0 Å². The van der Waals surface area contributed by atoms with Crippen molar-refractivity contribution in [3.8, 4) is 0 Å². The van der Waals surface area contributed by atoms with E-state index >= 15 is 0 Å². The minimum absolute atomic E-state index is 0.0198. The summed E-state index contributed by atoms with van der Waals surface area (Å²) in [6.07, 6.45) is 2.00. The Labute approximate surface area is 205 Å². The average molecular weight is 512 g/mol. The molecule has 34 heavy (non-hydrogen) atoms. The number of anilines is 1. The molecule has 0 aliphatic carbocycles. The Balaban J connectivity index is 2.44. The Kier molecular flexibility index (Phi) is 9.88. The molecule has 2 rings (SSSR count). The molecule has 10 heteroatoms. The first-order valence-corrected chi connectivity index (χ1v) is 13.3. The van der Waals surface area contributed by atoms with Gasteiger partial charge >= 0.3 is 0 Å². The molecule has 0 aromatic heterocycles. The first kappa shape index (κ1) is 27.6. The van der Waals surface area contributed by atoms with Crippen molar-refractivity contribution in [3.63, 3.8) is 0 Å². The lowest BCUT2D eigenvalue weighted by atomic mass is 10.1. The second kappa shape index (κ2) is 12.2. The van der Waals surface area contributed by atoms with Crippen molar-refractivity contribution in [2.75, 3.05) is 17.1 Å². The van der Waals surface area contributed by atoms with Crippen LogP contribution in [0.3, 0.4) is 0 Å². The van der Waals surface area contributed by atoms with E-state index in [0.717, 1.165) is 22.7 Å². The Morgan fingerprint density at radius 3 is 2.21 bits per heavy atom. The Bertz CT molecular complexity index is 1100. The van der Waals surface area contributed by atoms with Crippen LogP contribution in [-0.4, -0.2) is 50.0 Å². The quantitative estimate of drug-likeness (QED) is 0.494. The fourth-order valence-corrected chi connectivity index (χ4v) is 4.44. The fraction of sp³-hybridized carbons (Fsp3) is 0.417. The summed E-state index contributed by atoms with van der Waals surface area (Å²) in [4.78, 5) is 27.9. The zero-order chi connectivity index (χ0) is 25.5. The zero-order valence-corrected chi connectivity index (χ0v) is 21.4. The van der Waals surface area contributed by atoms with Crippen molar-refractivity contribution >= 4 is 39.1 Å². The van der Waals surface area contributed by atoms with Crippen LogP contribution < -0.4 is 9.62 Å². The number of sulfonamides is 1. The maximum atomic E-state index is 13.5. The van der Waals surface area contributed by atoms with Gasteiger partial charge < -0.3 is 10.2 Å². The van der Waals surface area contributed by atoms with Crippen LogP contribution in [0.5, 0.6) is 0 Å². The van der Waals surface area contributed by atoms with Crippen molar-refractivity contribution in [2.24, 2.45) is 0 Å². The molecule has 1 N–H and O–H groups in total. The number of carbonyl (C=O) groups is 2. The molecule has 0 spiro atoms. The Morgan fingerprint density at radius 2 is 1.68 bits per heavy atom. The van der Waals surface area contributed by atoms with Crippen LogP contribution in [0.4, 0.5) is 10.1 Å². The molecule has 0 fully saturated rings. The highest BCUT2D eigenvalue weighted by Gasteiger charge is 2.32. The first-order chi connectivity index (χ1) is 16.0. The summed E-state index contributed by atoms with van der Waals surface area (Å²) in [7, 11) is -3.88. The number of benzene rings is 2. The van der Waals surface area contributed by atoms with Crippen molar-refractivity contribution < 1.29 is 22.4 Å². The predicted octanol–water partition coefficient (Wildman–Crippen LogP) is 3.97. The standard InChI is InChI=1S/C24H31ClFN3O4S/c1-5-17(3)27-24(31)22(6-2)28(15-18-9-7-8-10-21(18)25)23(30)16-29(34(4,32)33)20-13-11-19(26)12-14-20/h7-14,17,22H,5-6,15-16H2,1-4H3,(H,27,31). The van der Waals surface area contributed by atoms with E-state index in [9.17, 15) is 22.4 Å². The van der Waals surface area contributed by atoms with Crippen LogP contribution >= 0.6 is 11.6 Å². The minimum Gasteiger partial charge on any atom is -0.352 e. The minimum atomic E-state index is -3.88. The number of halogens is 2. The number of hydrogen-bond donors (Lipinski definition) is 1. The second-order valence-corrected chi connectivity index (χ2v) is 10.4. The van der Waals surface area contributed by atoms with E-state index in [2.05, 4.69) is 5.32 Å². The molecule has 2 unspecified atom stereocenters. The van der Waals surface area contributed by atoms with Gasteiger partial charge in [0.2, 0.25) is 21.8 Å². The van der Waals surface area contributed by atoms with E-state index in [-0.39, 0.29) is 24.2 Å². The smallest absolute Gasteiger partial charge is 0.244 e. The summed E-state index contributed by atoms with van der Waals surface area (Å²) in [5.74, 6) is -1.44. The molecule has 7 nitrogen and oxygen atoms in total. The van der Waals surface area contributed by atoms with Crippen LogP contribution in [0.2, 0.25) is 5.02 Å². The molecule has 0 saturated heterocycles. The molecule has 186 valence electrons. The highest BCUT2D eigenvalue weighted by Crippen LogP contribution is 2.22. The number of nitrogens with zero attached hydrogens (tertiary/aromatic N) is 2. The number of amides is 2. The van der Waals surface area contributed by atoms with Crippen LogP contribution in [-0.2, 0) is 26.2 Å². The third kappa shape index (κ3) is 7.43. The lowest BCUT2D eigenvalue weighted by molar-refractivity contribution is -0.140. The molecule has 0 aliphatic heterocycles. The normalized spacial score (nSPS) is 13.1. The topological polar surface area (TPSA) is 86.8 Å². The summed E-state index contributed by atoms with van der Waals surface area (Å²) in [5, 5.41) is 3.33. The van der Waals surface area contributed by atoms with Crippen molar-refractivity contribution in [1.82, 2.24) is 10.2 Å². The Morgan fingerprint density at radius 1 is 1.06 bits per heavy atom. The van der Waals surface area contributed by atoms with Crippen molar-refractivity contribution in [2.45, 2.75) is 52.2 Å². The molecular formula is C24H31ClFN3O4S. The van der Waals surface area contributed by atoms with Crippen molar-refractivity contribution in [1.29, 1.82) is 0 Å². The average Bonchev–Trinajstić information content (AvgIpc) is 2.78. The summed E-state index contributed by atoms with van der Waals surface area (Å²) >= 11 is 6.32. The van der Waals surface area contributed by atoms with E-state index in [0.29, 0.717) is 23.4 Å². The van der Waals surface area contributed by atoms with Gasteiger partial charge in [-0.05, 0) is 55.7 Å². The number of rotatable bonds is 11. The number of hydrogen-bond acceptors (Lipinski definition) is 4. The molecule has 2 atom stereocenters. The lowest BCUT2D eigenvalue weighted by Crippen LogP contribution is -2.53. The van der Waals surface area contributed by atoms with Gasteiger partial charge in [0.15, 0.2) is 0 Å². The van der Waals surface area contributed by atoms with E-state index < -0.39 is 34.3 Å². The molecule has 0 bridgehead atoms. The molecule has 0 heterocycles. The largest absolute Gasteiger partial charge is 0.352 e. The maximum Gasteiger partial charge on any atom is 0.244 e. The van der Waals surface area contributed by atoms with Gasteiger partial charge in [-0.25, -0.2) is 12.8 Å². The molecule has 2 aromatic carbocycles. The SMILES string of the molecule is CCC(C)NC(=O)C(CC)N(Cc1ccccc1Cl)C(=O)CN(c1ccc(F)cc1)S(C)(=O)=O. The molecule has 2 aromatic rings. The highest BCUT2D eigenvalue weighted by molar-refractivity contribution is 7.92. The van der Waals surface area contributed by atoms with E-state index in [1.807, 2.05) is 13.8 Å². The third-order valence-electron chi connectivity index (χ3n) is 5.48. The third-order valence-corrected chi connectivity index (χ3v) is 6.99. The monoisotopic (exact) mass is 511 g/mol. The molecule has 0 saturated carbocycles. The number of carbonyl (C=O) groups excluding carboxylic acids is 2. The van der Waals surface area contributed by atoms with Gasteiger partial charge in [0.1, 0.15) is 18.4 Å². The van der Waals surface area contributed by atoms with E-state index in [4.69, 9.17) is 11.6 Å². The Hall–Kier alpha value is -2.65. The first-order valence-electron chi connectivity index (χ1n) is 11.0. The summed E-state index contributed by atoms with van der Waals surface area (Å²) in [6.45, 7) is 5.05. The molecule has 2 amide bonds. The summed E-state index contributed by atoms with van der Waals surface area (Å²) < 4.78 is 39.3. The van der Waals surface area contributed by atoms with Crippen LogP contribution in [0.25, 0.3) is 0 Å². The number of nitrogens with one attached hydrogen (secondary N) is 1. The van der Waals surface area contributed by atoms with Gasteiger partial charge in [0.05, 0.1) is 11.9 Å². The maximum absolute atomic E-state index is 13.5. The fourth-order valence-electron chi connectivity index (χ4n) is 3.39. The van der Waals surface area contributed by atoms with Gasteiger partial charge in [-0.2, -0.15) is 0 Å². The summed E-state index contributed by atoms with van der Waals surface area (Å²) in [6, 6.07) is 10.8. The zero-order valence-electron chi connectivity index (χ0n) is 19.8. The van der Waals surface area contributed by atoms with Crippen LogP contribution in [0, 0.1) is 5.82 Å². The van der Waals surface area contributed by atoms with Crippen molar-refractivity contribution in [3.05, 3.63) is 64.9 Å². The van der Waals surface area contributed by atoms with E-state index in [1.54, 1.807) is 31.2 Å². The highest BCUT2D eigenvalue weighted by atomic mass is 35.5. The van der Waals surface area contributed by atoms with Gasteiger partial charge in [0, 0.05) is 17.6 Å². The van der Waals surface area contributed by atoms with Gasteiger partial charge in [-0.1, -0.05) is 43.6 Å². The second-order valence-electron chi connectivity index (χ2n) is 8.10. The molecular weight excluding hydrogens is 481 g/mol. The van der Waals surface area contributed by atoms with Crippen LogP contribution in [0.15, 0.2) is 48.5 Å². The molecule has 0 aliphatic rings. The van der Waals surface area contributed by atoms with E-state index in [1.165, 1.54) is 17.0 Å². The van der Waals surface area contributed by atoms with Gasteiger partial charge in [-0.3, -0.25) is 13.9 Å². The molecule has 0 radical (unpaired) electrons. The van der Waals surface area contributed by atoms with Gasteiger partial charge in [0.25, 0.3) is 0 Å². The predicted molar refractivity (Wildman–Crippen MR) is 133 cm³/mol. The summed E-state index contributed by atoms with van der Waals surface area (Å²) in [5.41, 5.74) is 0.770. The van der Waals surface area contributed by atoms with Crippen LogP contribution in [0.1, 0.15) is 39.2 Å². The lowest BCUT2D eigenvalue weighted by Gasteiger charge is -2.33.